The van der Waals surface area contributed by atoms with Crippen molar-refractivity contribution in [3.63, 3.8) is 0 Å². The van der Waals surface area contributed by atoms with Gasteiger partial charge in [0.15, 0.2) is 0 Å². The number of hydrogen-bond donors (Lipinski definition) is 1. The van der Waals surface area contributed by atoms with Crippen LogP contribution >= 0.6 is 0 Å². The Kier molecular flexibility index (Phi) is 11.9. The Balaban J connectivity index is 3.63. The van der Waals surface area contributed by atoms with Gasteiger partial charge in [0.1, 0.15) is 0 Å². The molecule has 0 saturated carbocycles. The van der Waals surface area contributed by atoms with Crippen LogP contribution in [0.4, 0.5) is 0 Å². The number of nitrogens with zero attached hydrogens (tertiary/aromatic N) is 2. The molecule has 0 aromatic rings. The summed E-state index contributed by atoms with van der Waals surface area (Å²) in [6, 6.07) is 0.652. The molecule has 0 aliphatic rings. The highest BCUT2D eigenvalue weighted by atomic mass is 15.1. The fraction of sp³-hybridized carbons (Fsp3) is 1.00. The number of hydrogen-bond acceptors (Lipinski definition) is 3. The quantitative estimate of drug-likeness (QED) is 0.579. The third kappa shape index (κ3) is 8.90. The van der Waals surface area contributed by atoms with Gasteiger partial charge in [-0.1, -0.05) is 20.8 Å². The standard InChI is InChI=1S/C15H35N3/c1-6-17(7-2)13-10-14-18(8-3)12-9-11-15(4)16-5/h15-16H,6-14H2,1-5H3. The second kappa shape index (κ2) is 11.9. The maximum Gasteiger partial charge on any atom is 0.00362 e. The van der Waals surface area contributed by atoms with Crippen LogP contribution < -0.4 is 5.32 Å². The first-order chi connectivity index (χ1) is 8.67. The summed E-state index contributed by atoms with van der Waals surface area (Å²) in [4.78, 5) is 5.10. The van der Waals surface area contributed by atoms with Crippen LogP contribution in [0.25, 0.3) is 0 Å². The summed E-state index contributed by atoms with van der Waals surface area (Å²) in [5, 5.41) is 3.30. The lowest BCUT2D eigenvalue weighted by atomic mass is 10.2. The van der Waals surface area contributed by atoms with Gasteiger partial charge in [-0.05, 0) is 72.5 Å². The lowest BCUT2D eigenvalue weighted by molar-refractivity contribution is 0.239. The van der Waals surface area contributed by atoms with E-state index < -0.39 is 0 Å². The minimum Gasteiger partial charge on any atom is -0.317 e. The Morgan fingerprint density at radius 1 is 0.833 bits per heavy atom. The van der Waals surface area contributed by atoms with Gasteiger partial charge in [-0.2, -0.15) is 0 Å². The summed E-state index contributed by atoms with van der Waals surface area (Å²) < 4.78 is 0. The van der Waals surface area contributed by atoms with E-state index >= 15 is 0 Å². The Labute approximate surface area is 115 Å². The van der Waals surface area contributed by atoms with Gasteiger partial charge in [0, 0.05) is 6.04 Å². The van der Waals surface area contributed by atoms with Crippen molar-refractivity contribution in [3.8, 4) is 0 Å². The van der Waals surface area contributed by atoms with Crippen LogP contribution in [-0.2, 0) is 0 Å². The molecule has 0 radical (unpaired) electrons. The highest BCUT2D eigenvalue weighted by Gasteiger charge is 2.05. The van der Waals surface area contributed by atoms with E-state index in [1.807, 2.05) is 7.05 Å². The van der Waals surface area contributed by atoms with Crippen LogP contribution in [-0.4, -0.2) is 62.2 Å². The molecule has 18 heavy (non-hydrogen) atoms. The van der Waals surface area contributed by atoms with Crippen molar-refractivity contribution in [1.82, 2.24) is 15.1 Å². The molecule has 3 heteroatoms. The molecule has 0 amide bonds. The molecular weight excluding hydrogens is 222 g/mol. The van der Waals surface area contributed by atoms with Crippen LogP contribution in [0.1, 0.15) is 47.0 Å². The van der Waals surface area contributed by atoms with Crippen LogP contribution in [0.2, 0.25) is 0 Å². The second-order valence-electron chi connectivity index (χ2n) is 5.15. The summed E-state index contributed by atoms with van der Waals surface area (Å²) in [5.41, 5.74) is 0. The zero-order valence-electron chi connectivity index (χ0n) is 13.3. The first kappa shape index (κ1) is 17.9. The molecule has 0 aromatic heterocycles. The smallest absolute Gasteiger partial charge is 0.00362 e. The molecule has 0 rings (SSSR count). The molecule has 0 bridgehead atoms. The maximum absolute atomic E-state index is 3.30. The van der Waals surface area contributed by atoms with Crippen molar-refractivity contribution < 1.29 is 0 Å². The van der Waals surface area contributed by atoms with Crippen molar-refractivity contribution in [2.45, 2.75) is 53.0 Å². The van der Waals surface area contributed by atoms with E-state index in [2.05, 4.69) is 42.8 Å². The van der Waals surface area contributed by atoms with E-state index in [9.17, 15) is 0 Å². The molecule has 3 nitrogen and oxygen atoms in total. The summed E-state index contributed by atoms with van der Waals surface area (Å²) >= 11 is 0. The fourth-order valence-electron chi connectivity index (χ4n) is 2.25. The first-order valence-corrected chi connectivity index (χ1v) is 7.79. The number of nitrogens with one attached hydrogen (secondary N) is 1. The molecule has 0 aliphatic heterocycles. The van der Waals surface area contributed by atoms with Gasteiger partial charge in [-0.25, -0.2) is 0 Å². The predicted molar refractivity (Wildman–Crippen MR) is 82.3 cm³/mol. The van der Waals surface area contributed by atoms with E-state index in [1.165, 1.54) is 58.5 Å². The lowest BCUT2D eigenvalue weighted by Crippen LogP contribution is -2.31. The molecule has 0 spiro atoms. The molecule has 1 atom stereocenters. The van der Waals surface area contributed by atoms with Crippen molar-refractivity contribution >= 4 is 0 Å². The van der Waals surface area contributed by atoms with E-state index in [0.29, 0.717) is 6.04 Å². The minimum atomic E-state index is 0.652. The summed E-state index contributed by atoms with van der Waals surface area (Å²) in [6.07, 6.45) is 3.89. The molecule has 1 unspecified atom stereocenters. The van der Waals surface area contributed by atoms with E-state index in [0.717, 1.165) is 0 Å². The van der Waals surface area contributed by atoms with Crippen molar-refractivity contribution in [1.29, 1.82) is 0 Å². The average Bonchev–Trinajstić information content (AvgIpc) is 2.41. The lowest BCUT2D eigenvalue weighted by Gasteiger charge is -2.23. The van der Waals surface area contributed by atoms with Gasteiger partial charge in [-0.15, -0.1) is 0 Å². The topological polar surface area (TPSA) is 18.5 Å². The molecule has 0 fully saturated rings. The normalized spacial score (nSPS) is 13.5. The van der Waals surface area contributed by atoms with Crippen LogP contribution in [0, 0.1) is 0 Å². The van der Waals surface area contributed by atoms with Gasteiger partial charge in [0.25, 0.3) is 0 Å². The van der Waals surface area contributed by atoms with E-state index in [1.54, 1.807) is 0 Å². The van der Waals surface area contributed by atoms with Crippen molar-refractivity contribution in [2.75, 3.05) is 46.3 Å². The molecular formula is C15H35N3. The predicted octanol–water partition coefficient (Wildman–Crippen LogP) is 2.43. The summed E-state index contributed by atoms with van der Waals surface area (Å²) in [7, 11) is 2.05. The Morgan fingerprint density at radius 2 is 1.33 bits per heavy atom. The number of rotatable bonds is 12. The Morgan fingerprint density at radius 3 is 1.83 bits per heavy atom. The van der Waals surface area contributed by atoms with Gasteiger partial charge >= 0.3 is 0 Å². The molecule has 0 aliphatic carbocycles. The molecule has 0 saturated heterocycles. The maximum atomic E-state index is 3.30. The third-order valence-electron chi connectivity index (χ3n) is 3.89. The van der Waals surface area contributed by atoms with Gasteiger partial charge in [-0.3, -0.25) is 0 Å². The molecule has 0 aromatic carbocycles. The van der Waals surface area contributed by atoms with E-state index in [-0.39, 0.29) is 0 Å². The summed E-state index contributed by atoms with van der Waals surface area (Å²) in [6.45, 7) is 16.3. The zero-order chi connectivity index (χ0) is 13.8. The third-order valence-corrected chi connectivity index (χ3v) is 3.89. The van der Waals surface area contributed by atoms with Gasteiger partial charge < -0.3 is 15.1 Å². The van der Waals surface area contributed by atoms with Crippen LogP contribution in [0.15, 0.2) is 0 Å². The largest absolute Gasteiger partial charge is 0.317 e. The van der Waals surface area contributed by atoms with Crippen molar-refractivity contribution in [3.05, 3.63) is 0 Å². The monoisotopic (exact) mass is 257 g/mol. The van der Waals surface area contributed by atoms with Crippen LogP contribution in [0.5, 0.6) is 0 Å². The minimum absolute atomic E-state index is 0.652. The fourth-order valence-corrected chi connectivity index (χ4v) is 2.25. The van der Waals surface area contributed by atoms with E-state index in [4.69, 9.17) is 0 Å². The first-order valence-electron chi connectivity index (χ1n) is 7.79. The highest BCUT2D eigenvalue weighted by Crippen LogP contribution is 2.01. The molecule has 0 heterocycles. The Bertz CT molecular complexity index is 169. The second-order valence-corrected chi connectivity index (χ2v) is 5.15. The molecule has 1 N–H and O–H groups in total. The SMILES string of the molecule is CCN(CC)CCCN(CC)CCCC(C)NC. The van der Waals surface area contributed by atoms with Crippen molar-refractivity contribution in [2.24, 2.45) is 0 Å². The highest BCUT2D eigenvalue weighted by molar-refractivity contribution is 4.62. The average molecular weight is 257 g/mol. The summed E-state index contributed by atoms with van der Waals surface area (Å²) in [5.74, 6) is 0. The van der Waals surface area contributed by atoms with Crippen LogP contribution in [0.3, 0.4) is 0 Å². The van der Waals surface area contributed by atoms with Gasteiger partial charge in [0.2, 0.25) is 0 Å². The zero-order valence-corrected chi connectivity index (χ0v) is 13.3. The Hall–Kier alpha value is -0.120. The molecule has 110 valence electrons. The van der Waals surface area contributed by atoms with Gasteiger partial charge in [0.05, 0.1) is 0 Å².